The predicted octanol–water partition coefficient (Wildman–Crippen LogP) is 3.66. The van der Waals surface area contributed by atoms with E-state index in [0.29, 0.717) is 6.04 Å². The first-order chi connectivity index (χ1) is 10.4. The summed E-state index contributed by atoms with van der Waals surface area (Å²) in [5.74, 6) is 5.11. The number of rotatable bonds is 4. The second-order valence-electron chi connectivity index (χ2n) is 7.62. The van der Waals surface area contributed by atoms with Gasteiger partial charge in [-0.15, -0.1) is 0 Å². The molecular formula is C19H25NO. The van der Waals surface area contributed by atoms with E-state index in [-0.39, 0.29) is 0 Å². The van der Waals surface area contributed by atoms with Gasteiger partial charge in [-0.25, -0.2) is 0 Å². The van der Waals surface area contributed by atoms with Crippen molar-refractivity contribution in [2.75, 3.05) is 6.54 Å². The van der Waals surface area contributed by atoms with Crippen molar-refractivity contribution in [3.63, 3.8) is 0 Å². The first kappa shape index (κ1) is 12.7. The standard InChI is InChI=1S/C19H25NO/c1-2-20-19(13-5-6-14-9-21-10-15(14)8-13)18-16-11-3-4-12(7-11)17(16)18/h5-6,8,11-12,16-20H,2-4,7,9-10H2,1H3. The zero-order valence-corrected chi connectivity index (χ0v) is 12.8. The first-order valence-electron chi connectivity index (χ1n) is 8.79. The third-order valence-electron chi connectivity index (χ3n) is 6.71. The molecule has 1 aromatic carbocycles. The second-order valence-corrected chi connectivity index (χ2v) is 7.62. The minimum atomic E-state index is 0.583. The fourth-order valence-corrected chi connectivity index (χ4v) is 5.92. The highest BCUT2D eigenvalue weighted by Crippen LogP contribution is 2.72. The summed E-state index contributed by atoms with van der Waals surface area (Å²) in [4.78, 5) is 0. The molecule has 3 fully saturated rings. The van der Waals surface area contributed by atoms with Gasteiger partial charge in [0.15, 0.2) is 0 Å². The summed E-state index contributed by atoms with van der Waals surface area (Å²) in [7, 11) is 0. The lowest BCUT2D eigenvalue weighted by Crippen LogP contribution is -2.25. The third-order valence-corrected chi connectivity index (χ3v) is 6.71. The van der Waals surface area contributed by atoms with E-state index < -0.39 is 0 Å². The van der Waals surface area contributed by atoms with E-state index in [1.165, 1.54) is 29.5 Å². The average molecular weight is 283 g/mol. The van der Waals surface area contributed by atoms with Crippen molar-refractivity contribution >= 4 is 0 Å². The molecule has 4 aliphatic rings. The van der Waals surface area contributed by atoms with Gasteiger partial charge in [0.25, 0.3) is 0 Å². The van der Waals surface area contributed by atoms with Gasteiger partial charge in [0.2, 0.25) is 0 Å². The Morgan fingerprint density at radius 2 is 1.90 bits per heavy atom. The monoisotopic (exact) mass is 283 g/mol. The Hall–Kier alpha value is -0.860. The lowest BCUT2D eigenvalue weighted by atomic mass is 9.91. The highest BCUT2D eigenvalue weighted by atomic mass is 16.5. The number of hydrogen-bond donors (Lipinski definition) is 1. The molecule has 0 saturated heterocycles. The Morgan fingerprint density at radius 1 is 1.14 bits per heavy atom. The van der Waals surface area contributed by atoms with Crippen molar-refractivity contribution in [3.8, 4) is 0 Å². The highest BCUT2D eigenvalue weighted by molar-refractivity contribution is 5.36. The smallest absolute Gasteiger partial charge is 0.0725 e. The zero-order chi connectivity index (χ0) is 14.0. The van der Waals surface area contributed by atoms with Gasteiger partial charge in [-0.3, -0.25) is 0 Å². The summed E-state index contributed by atoms with van der Waals surface area (Å²) < 4.78 is 5.58. The van der Waals surface area contributed by atoms with E-state index in [0.717, 1.165) is 49.3 Å². The van der Waals surface area contributed by atoms with Crippen LogP contribution in [-0.4, -0.2) is 6.54 Å². The zero-order valence-electron chi connectivity index (χ0n) is 12.8. The molecule has 21 heavy (non-hydrogen) atoms. The van der Waals surface area contributed by atoms with Gasteiger partial charge < -0.3 is 10.1 Å². The summed E-state index contributed by atoms with van der Waals surface area (Å²) >= 11 is 0. The lowest BCUT2D eigenvalue weighted by Gasteiger charge is -2.22. The Balaban J connectivity index is 1.44. The number of fused-ring (bicyclic) bond motifs is 6. The summed E-state index contributed by atoms with van der Waals surface area (Å²) in [6.45, 7) is 4.94. The summed E-state index contributed by atoms with van der Waals surface area (Å²) in [6.07, 6.45) is 4.57. The van der Waals surface area contributed by atoms with Crippen LogP contribution in [0.2, 0.25) is 0 Å². The molecule has 1 N–H and O–H groups in total. The van der Waals surface area contributed by atoms with Crippen LogP contribution < -0.4 is 5.32 Å². The molecule has 0 radical (unpaired) electrons. The maximum Gasteiger partial charge on any atom is 0.0725 e. The summed E-state index contributed by atoms with van der Waals surface area (Å²) in [5, 5.41) is 3.81. The highest BCUT2D eigenvalue weighted by Gasteiger charge is 2.66. The number of ether oxygens (including phenoxy) is 1. The first-order valence-corrected chi connectivity index (χ1v) is 8.79. The molecule has 0 spiro atoms. The molecule has 0 aromatic heterocycles. The fraction of sp³-hybridized carbons (Fsp3) is 0.684. The van der Waals surface area contributed by atoms with Gasteiger partial charge in [-0.2, -0.15) is 0 Å². The fourth-order valence-electron chi connectivity index (χ4n) is 5.92. The van der Waals surface area contributed by atoms with Crippen LogP contribution in [0.5, 0.6) is 0 Å². The Labute approximate surface area is 127 Å². The Kier molecular flexibility index (Phi) is 2.75. The van der Waals surface area contributed by atoms with E-state index in [4.69, 9.17) is 4.74 Å². The van der Waals surface area contributed by atoms with Crippen LogP contribution >= 0.6 is 0 Å². The third kappa shape index (κ3) is 1.78. The molecule has 2 nitrogen and oxygen atoms in total. The van der Waals surface area contributed by atoms with Crippen LogP contribution in [-0.2, 0) is 18.0 Å². The van der Waals surface area contributed by atoms with Crippen molar-refractivity contribution in [2.24, 2.45) is 29.6 Å². The van der Waals surface area contributed by atoms with Crippen LogP contribution in [0.4, 0.5) is 0 Å². The molecule has 5 rings (SSSR count). The molecule has 0 amide bonds. The second kappa shape index (κ2) is 4.57. The Bertz CT molecular complexity index is 553. The number of nitrogens with one attached hydrogen (secondary N) is 1. The molecule has 1 aromatic rings. The lowest BCUT2D eigenvalue weighted by molar-refractivity contribution is 0.134. The summed E-state index contributed by atoms with van der Waals surface area (Å²) in [5.41, 5.74) is 4.33. The van der Waals surface area contributed by atoms with E-state index in [1.54, 1.807) is 6.42 Å². The molecule has 5 unspecified atom stereocenters. The summed E-state index contributed by atoms with van der Waals surface area (Å²) in [6, 6.07) is 7.66. The SMILES string of the molecule is CCNC(c1ccc2c(c1)COC2)C1C2C3CCC(C3)C21. The number of benzene rings is 1. The van der Waals surface area contributed by atoms with Crippen molar-refractivity contribution < 1.29 is 4.74 Å². The quantitative estimate of drug-likeness (QED) is 0.910. The molecule has 1 aliphatic heterocycles. The molecular weight excluding hydrogens is 258 g/mol. The minimum Gasteiger partial charge on any atom is -0.372 e. The molecule has 3 aliphatic carbocycles. The normalized spacial score (nSPS) is 40.1. The predicted molar refractivity (Wildman–Crippen MR) is 82.7 cm³/mol. The van der Waals surface area contributed by atoms with E-state index >= 15 is 0 Å². The van der Waals surface area contributed by atoms with E-state index in [9.17, 15) is 0 Å². The van der Waals surface area contributed by atoms with Crippen molar-refractivity contribution in [2.45, 2.75) is 45.4 Å². The van der Waals surface area contributed by atoms with Gasteiger partial charge in [0.05, 0.1) is 13.2 Å². The molecule has 5 atom stereocenters. The van der Waals surface area contributed by atoms with Gasteiger partial charge in [-0.1, -0.05) is 25.1 Å². The molecule has 3 saturated carbocycles. The number of hydrogen-bond acceptors (Lipinski definition) is 2. The molecule has 1 heterocycles. The van der Waals surface area contributed by atoms with E-state index in [2.05, 4.69) is 30.4 Å². The van der Waals surface area contributed by atoms with Crippen LogP contribution in [0.15, 0.2) is 18.2 Å². The maximum atomic E-state index is 5.58. The van der Waals surface area contributed by atoms with Crippen molar-refractivity contribution in [3.05, 3.63) is 34.9 Å². The Morgan fingerprint density at radius 3 is 2.67 bits per heavy atom. The van der Waals surface area contributed by atoms with Crippen LogP contribution in [0, 0.1) is 29.6 Å². The molecule has 112 valence electrons. The van der Waals surface area contributed by atoms with Crippen LogP contribution in [0.1, 0.15) is 48.9 Å². The van der Waals surface area contributed by atoms with Crippen LogP contribution in [0.3, 0.4) is 0 Å². The van der Waals surface area contributed by atoms with Gasteiger partial charge >= 0.3 is 0 Å². The van der Waals surface area contributed by atoms with Crippen molar-refractivity contribution in [1.82, 2.24) is 5.32 Å². The van der Waals surface area contributed by atoms with Crippen LogP contribution in [0.25, 0.3) is 0 Å². The topological polar surface area (TPSA) is 21.3 Å². The van der Waals surface area contributed by atoms with Gasteiger partial charge in [0.1, 0.15) is 0 Å². The molecule has 2 heteroatoms. The van der Waals surface area contributed by atoms with Gasteiger partial charge in [0, 0.05) is 6.04 Å². The van der Waals surface area contributed by atoms with E-state index in [1.807, 2.05) is 0 Å². The van der Waals surface area contributed by atoms with Crippen molar-refractivity contribution in [1.29, 1.82) is 0 Å². The largest absolute Gasteiger partial charge is 0.372 e. The maximum absolute atomic E-state index is 5.58. The molecule has 2 bridgehead atoms. The average Bonchev–Trinajstić information content (AvgIpc) is 2.90. The van der Waals surface area contributed by atoms with Gasteiger partial charge in [-0.05, 0) is 72.1 Å². The minimum absolute atomic E-state index is 0.583.